The summed E-state index contributed by atoms with van der Waals surface area (Å²) < 4.78 is 0. The largest absolute Gasteiger partial charge is 0.477 e. The number of nitrogens with zero attached hydrogens (tertiary/aromatic N) is 1. The molecule has 0 saturated heterocycles. The number of carboxylic acids is 1. The van der Waals surface area contributed by atoms with Gasteiger partial charge in [-0.3, -0.25) is 4.79 Å². The van der Waals surface area contributed by atoms with E-state index in [2.05, 4.69) is 10.3 Å². The molecule has 106 valence electrons. The molecule has 1 aromatic rings. The third-order valence-corrected chi connectivity index (χ3v) is 3.32. The number of H-pyrrole nitrogens is 1. The summed E-state index contributed by atoms with van der Waals surface area (Å²) >= 11 is 0. The van der Waals surface area contributed by atoms with E-state index in [0.29, 0.717) is 23.4 Å². The number of carboxylic acid groups (broad SMARTS) is 1. The Morgan fingerprint density at radius 3 is 2.37 bits per heavy atom. The zero-order chi connectivity index (χ0) is 14.7. The van der Waals surface area contributed by atoms with Gasteiger partial charge in [-0.25, -0.2) is 4.79 Å². The second-order valence-corrected chi connectivity index (χ2v) is 4.95. The van der Waals surface area contributed by atoms with Crippen molar-refractivity contribution >= 4 is 11.9 Å². The molecule has 0 aliphatic rings. The van der Waals surface area contributed by atoms with Gasteiger partial charge < -0.3 is 20.3 Å². The molecule has 1 amide bonds. The number of hydrogen-bond donors (Lipinski definition) is 3. The third kappa shape index (κ3) is 3.35. The predicted molar refractivity (Wildman–Crippen MR) is 72.7 cm³/mol. The molecule has 6 nitrogen and oxygen atoms in total. The van der Waals surface area contributed by atoms with E-state index in [1.54, 1.807) is 13.8 Å². The van der Waals surface area contributed by atoms with Crippen molar-refractivity contribution in [2.24, 2.45) is 0 Å². The maximum Gasteiger partial charge on any atom is 0.352 e. The number of aryl methyl sites for hydroxylation is 1. The summed E-state index contributed by atoms with van der Waals surface area (Å²) in [6, 6.07) is 0.211. The Balaban J connectivity index is 2.86. The number of hydrogen-bond acceptors (Lipinski definition) is 3. The Hall–Kier alpha value is -1.82. The average molecular weight is 267 g/mol. The molecule has 0 spiro atoms. The van der Waals surface area contributed by atoms with Gasteiger partial charge in [0.1, 0.15) is 5.69 Å². The number of aromatic nitrogens is 1. The van der Waals surface area contributed by atoms with Crippen molar-refractivity contribution in [3.63, 3.8) is 0 Å². The Kier molecular flexibility index (Phi) is 4.72. The predicted octanol–water partition coefficient (Wildman–Crippen LogP) is 1.01. The second-order valence-electron chi connectivity index (χ2n) is 4.95. The van der Waals surface area contributed by atoms with Crippen LogP contribution in [0.25, 0.3) is 0 Å². The highest BCUT2D eigenvalue weighted by atomic mass is 16.4. The van der Waals surface area contributed by atoms with Crippen molar-refractivity contribution in [2.45, 2.75) is 26.8 Å². The van der Waals surface area contributed by atoms with Gasteiger partial charge in [-0.05, 0) is 40.4 Å². The quantitative estimate of drug-likeness (QED) is 0.743. The lowest BCUT2D eigenvalue weighted by molar-refractivity contribution is 0.0690. The molecular weight excluding hydrogens is 246 g/mol. The fourth-order valence-electron chi connectivity index (χ4n) is 1.82. The smallest absolute Gasteiger partial charge is 0.352 e. The van der Waals surface area contributed by atoms with Gasteiger partial charge in [-0.1, -0.05) is 0 Å². The Morgan fingerprint density at radius 2 is 1.95 bits per heavy atom. The molecular formula is C13H21N3O3. The summed E-state index contributed by atoms with van der Waals surface area (Å²) in [6.45, 7) is 5.85. The van der Waals surface area contributed by atoms with Crippen LogP contribution in [0.15, 0.2) is 0 Å². The maximum atomic E-state index is 12.1. The number of amides is 1. The van der Waals surface area contributed by atoms with Crippen LogP contribution < -0.4 is 5.32 Å². The minimum atomic E-state index is -1.05. The Bertz CT molecular complexity index is 492. The van der Waals surface area contributed by atoms with Crippen molar-refractivity contribution in [3.05, 3.63) is 22.5 Å². The highest BCUT2D eigenvalue weighted by Crippen LogP contribution is 2.17. The minimum absolute atomic E-state index is 0.0725. The normalized spacial score (nSPS) is 12.5. The standard InChI is InChI=1S/C13H21N3O3/c1-7(16(4)5)6-14-12(17)10-8(2)11(13(18)19)15-9(10)3/h7,15H,6H2,1-5H3,(H,14,17)(H,18,19). The van der Waals surface area contributed by atoms with Crippen LogP contribution in [0, 0.1) is 13.8 Å². The molecule has 0 aliphatic carbocycles. The van der Waals surface area contributed by atoms with Gasteiger partial charge >= 0.3 is 5.97 Å². The molecule has 1 atom stereocenters. The van der Waals surface area contributed by atoms with Crippen LogP contribution in [0.4, 0.5) is 0 Å². The lowest BCUT2D eigenvalue weighted by Crippen LogP contribution is -2.38. The molecule has 0 bridgehead atoms. The van der Waals surface area contributed by atoms with Crippen LogP contribution in [-0.4, -0.2) is 53.5 Å². The topological polar surface area (TPSA) is 85.4 Å². The van der Waals surface area contributed by atoms with Crippen molar-refractivity contribution in [2.75, 3.05) is 20.6 Å². The lowest BCUT2D eigenvalue weighted by Gasteiger charge is -2.20. The molecule has 1 heterocycles. The highest BCUT2D eigenvalue weighted by molar-refractivity contribution is 6.00. The van der Waals surface area contributed by atoms with Gasteiger partial charge in [0, 0.05) is 18.3 Å². The maximum absolute atomic E-state index is 12.1. The molecule has 0 radical (unpaired) electrons. The zero-order valence-electron chi connectivity index (χ0n) is 12.0. The zero-order valence-corrected chi connectivity index (χ0v) is 12.0. The summed E-state index contributed by atoms with van der Waals surface area (Å²) in [4.78, 5) is 27.8. The fourth-order valence-corrected chi connectivity index (χ4v) is 1.82. The first-order valence-electron chi connectivity index (χ1n) is 6.12. The van der Waals surface area contributed by atoms with E-state index in [4.69, 9.17) is 5.11 Å². The Labute approximate surface area is 112 Å². The first-order valence-corrected chi connectivity index (χ1v) is 6.12. The summed E-state index contributed by atoms with van der Waals surface area (Å²) in [5.74, 6) is -1.30. The van der Waals surface area contributed by atoms with E-state index in [0.717, 1.165) is 0 Å². The highest BCUT2D eigenvalue weighted by Gasteiger charge is 2.21. The van der Waals surface area contributed by atoms with Gasteiger partial charge in [-0.15, -0.1) is 0 Å². The lowest BCUT2D eigenvalue weighted by atomic mass is 10.1. The van der Waals surface area contributed by atoms with Crippen molar-refractivity contribution in [1.29, 1.82) is 0 Å². The molecule has 19 heavy (non-hydrogen) atoms. The molecule has 0 aromatic carbocycles. The third-order valence-electron chi connectivity index (χ3n) is 3.32. The number of nitrogens with one attached hydrogen (secondary N) is 2. The van der Waals surface area contributed by atoms with Gasteiger partial charge in [0.15, 0.2) is 0 Å². The van der Waals surface area contributed by atoms with Crippen LogP contribution in [0.2, 0.25) is 0 Å². The molecule has 1 aromatic heterocycles. The summed E-state index contributed by atoms with van der Waals surface area (Å²) in [5.41, 5.74) is 1.54. The fraction of sp³-hybridized carbons (Fsp3) is 0.538. The number of likely N-dealkylation sites (N-methyl/N-ethyl adjacent to an activating group) is 1. The number of carbonyl (C=O) groups excluding carboxylic acids is 1. The van der Waals surface area contributed by atoms with E-state index in [9.17, 15) is 9.59 Å². The molecule has 1 rings (SSSR count). The van der Waals surface area contributed by atoms with Crippen LogP contribution in [0.1, 0.15) is 39.0 Å². The summed E-state index contributed by atoms with van der Waals surface area (Å²) in [5, 5.41) is 11.8. The van der Waals surface area contributed by atoms with E-state index in [1.807, 2.05) is 25.9 Å². The minimum Gasteiger partial charge on any atom is -0.477 e. The first kappa shape index (κ1) is 15.2. The molecule has 0 aliphatic heterocycles. The van der Waals surface area contributed by atoms with Crippen LogP contribution >= 0.6 is 0 Å². The molecule has 0 saturated carbocycles. The van der Waals surface area contributed by atoms with Gasteiger partial charge in [-0.2, -0.15) is 0 Å². The van der Waals surface area contributed by atoms with Crippen LogP contribution in [-0.2, 0) is 0 Å². The van der Waals surface area contributed by atoms with Gasteiger partial charge in [0.25, 0.3) is 5.91 Å². The molecule has 1 unspecified atom stereocenters. The van der Waals surface area contributed by atoms with Crippen molar-refractivity contribution in [1.82, 2.24) is 15.2 Å². The second kappa shape index (κ2) is 5.88. The molecule has 6 heteroatoms. The number of aromatic carboxylic acids is 1. The number of aromatic amines is 1. The SMILES string of the molecule is Cc1[nH]c(C(=O)O)c(C)c1C(=O)NCC(C)N(C)C. The van der Waals surface area contributed by atoms with Gasteiger partial charge in [0.2, 0.25) is 0 Å². The van der Waals surface area contributed by atoms with Crippen LogP contribution in [0.3, 0.4) is 0 Å². The van der Waals surface area contributed by atoms with E-state index >= 15 is 0 Å². The number of rotatable bonds is 5. The molecule has 0 fully saturated rings. The van der Waals surface area contributed by atoms with Crippen LogP contribution in [0.5, 0.6) is 0 Å². The van der Waals surface area contributed by atoms with E-state index in [1.165, 1.54) is 0 Å². The summed E-state index contributed by atoms with van der Waals surface area (Å²) in [6.07, 6.45) is 0. The Morgan fingerprint density at radius 1 is 1.37 bits per heavy atom. The van der Waals surface area contributed by atoms with E-state index in [-0.39, 0.29) is 17.6 Å². The van der Waals surface area contributed by atoms with Crippen molar-refractivity contribution < 1.29 is 14.7 Å². The average Bonchev–Trinajstić information content (AvgIpc) is 2.61. The molecule has 3 N–H and O–H groups in total. The van der Waals surface area contributed by atoms with Crippen molar-refractivity contribution in [3.8, 4) is 0 Å². The monoisotopic (exact) mass is 267 g/mol. The van der Waals surface area contributed by atoms with Gasteiger partial charge in [0.05, 0.1) is 5.56 Å². The first-order chi connectivity index (χ1) is 8.75. The number of carbonyl (C=O) groups is 2. The van der Waals surface area contributed by atoms with E-state index < -0.39 is 5.97 Å². The summed E-state index contributed by atoms with van der Waals surface area (Å²) in [7, 11) is 3.87.